The minimum atomic E-state index is -0.615. The highest BCUT2D eigenvalue weighted by Gasteiger charge is 2.22. The fourth-order valence-corrected chi connectivity index (χ4v) is 3.02. The van der Waals surface area contributed by atoms with Crippen molar-refractivity contribution in [2.24, 2.45) is 0 Å². The number of amides is 3. The van der Waals surface area contributed by atoms with Crippen LogP contribution in [-0.4, -0.2) is 37.0 Å². The summed E-state index contributed by atoms with van der Waals surface area (Å²) in [5.41, 5.74) is 2.79. The van der Waals surface area contributed by atoms with Crippen molar-refractivity contribution < 1.29 is 14.0 Å². The fraction of sp³-hybridized carbons (Fsp3) is 0.263. The summed E-state index contributed by atoms with van der Waals surface area (Å²) in [6.45, 7) is 0. The van der Waals surface area contributed by atoms with E-state index in [2.05, 4.69) is 22.8 Å². The van der Waals surface area contributed by atoms with E-state index in [9.17, 15) is 14.0 Å². The number of urea groups is 1. The van der Waals surface area contributed by atoms with E-state index in [1.54, 1.807) is 14.1 Å². The van der Waals surface area contributed by atoms with E-state index in [-0.39, 0.29) is 17.6 Å². The Hall–Kier alpha value is -2.89. The number of carbonyl (C=O) groups is 2. The summed E-state index contributed by atoms with van der Waals surface area (Å²) in [5, 5.41) is 5.59. The van der Waals surface area contributed by atoms with Crippen molar-refractivity contribution in [3.63, 3.8) is 0 Å². The molecule has 1 aliphatic carbocycles. The molecule has 0 bridgehead atoms. The van der Waals surface area contributed by atoms with Crippen LogP contribution in [0.1, 0.15) is 21.5 Å². The Bertz CT molecular complexity index is 795. The summed E-state index contributed by atoms with van der Waals surface area (Å²) in [7, 11) is 3.10. The second kappa shape index (κ2) is 6.93. The molecule has 6 heteroatoms. The van der Waals surface area contributed by atoms with E-state index in [0.29, 0.717) is 5.69 Å². The maximum Gasteiger partial charge on any atom is 0.319 e. The van der Waals surface area contributed by atoms with Crippen molar-refractivity contribution in [1.82, 2.24) is 10.2 Å². The van der Waals surface area contributed by atoms with Gasteiger partial charge < -0.3 is 15.5 Å². The Labute approximate surface area is 145 Å². The van der Waals surface area contributed by atoms with E-state index in [1.807, 2.05) is 12.1 Å². The van der Waals surface area contributed by atoms with Gasteiger partial charge in [0.05, 0.1) is 5.56 Å². The first-order valence-corrected chi connectivity index (χ1v) is 8.09. The zero-order chi connectivity index (χ0) is 18.0. The SMILES string of the molecule is CN(C)C(=O)c1cc(NC(=O)NC2Cc3ccccc3C2)ccc1F. The third-order valence-corrected chi connectivity index (χ3v) is 4.25. The standard InChI is InChI=1S/C19H20FN3O2/c1-23(2)18(24)16-11-14(7-8-17(16)20)21-19(25)22-15-9-12-5-3-4-6-13(12)10-15/h3-8,11,15H,9-10H2,1-2H3,(H2,21,22,25). The monoisotopic (exact) mass is 341 g/mol. The zero-order valence-electron chi connectivity index (χ0n) is 14.2. The fourth-order valence-electron chi connectivity index (χ4n) is 3.02. The molecule has 0 saturated carbocycles. The molecule has 130 valence electrons. The minimum Gasteiger partial charge on any atom is -0.345 e. The van der Waals surface area contributed by atoms with Gasteiger partial charge in [-0.3, -0.25) is 4.79 Å². The molecule has 0 spiro atoms. The van der Waals surface area contributed by atoms with Crippen LogP contribution in [0.15, 0.2) is 42.5 Å². The molecule has 3 amide bonds. The van der Waals surface area contributed by atoms with Gasteiger partial charge in [-0.1, -0.05) is 24.3 Å². The van der Waals surface area contributed by atoms with E-state index in [1.165, 1.54) is 34.2 Å². The van der Waals surface area contributed by atoms with Crippen LogP contribution in [0, 0.1) is 5.82 Å². The molecule has 1 aliphatic rings. The van der Waals surface area contributed by atoms with Gasteiger partial charge in [0, 0.05) is 25.8 Å². The van der Waals surface area contributed by atoms with Crippen LogP contribution in [0.5, 0.6) is 0 Å². The van der Waals surface area contributed by atoms with Crippen LogP contribution in [0.25, 0.3) is 0 Å². The normalized spacial score (nSPS) is 13.2. The predicted molar refractivity (Wildman–Crippen MR) is 94.2 cm³/mol. The molecule has 2 N–H and O–H groups in total. The molecule has 0 unspecified atom stereocenters. The molecule has 0 aromatic heterocycles. The zero-order valence-corrected chi connectivity index (χ0v) is 14.2. The third kappa shape index (κ3) is 3.79. The van der Waals surface area contributed by atoms with Gasteiger partial charge in [-0.15, -0.1) is 0 Å². The maximum atomic E-state index is 13.8. The number of nitrogens with one attached hydrogen (secondary N) is 2. The van der Waals surface area contributed by atoms with E-state index >= 15 is 0 Å². The molecule has 0 fully saturated rings. The third-order valence-electron chi connectivity index (χ3n) is 4.25. The summed E-state index contributed by atoms with van der Waals surface area (Å²) < 4.78 is 13.8. The first kappa shape index (κ1) is 17.0. The number of rotatable bonds is 3. The van der Waals surface area contributed by atoms with E-state index < -0.39 is 11.7 Å². The molecular formula is C19H20FN3O2. The number of benzene rings is 2. The Kier molecular flexibility index (Phi) is 4.70. The lowest BCUT2D eigenvalue weighted by Crippen LogP contribution is -2.38. The average molecular weight is 341 g/mol. The molecule has 3 rings (SSSR count). The molecule has 0 atom stereocenters. The van der Waals surface area contributed by atoms with Gasteiger partial charge in [-0.2, -0.15) is 0 Å². The quantitative estimate of drug-likeness (QED) is 0.902. The van der Waals surface area contributed by atoms with Crippen LogP contribution < -0.4 is 10.6 Å². The van der Waals surface area contributed by atoms with Gasteiger partial charge in [0.15, 0.2) is 0 Å². The van der Waals surface area contributed by atoms with Gasteiger partial charge in [0.1, 0.15) is 5.82 Å². The van der Waals surface area contributed by atoms with Crippen LogP contribution in [0.4, 0.5) is 14.9 Å². The number of halogens is 1. The number of carbonyl (C=O) groups excluding carboxylic acids is 2. The van der Waals surface area contributed by atoms with Crippen molar-refractivity contribution in [2.45, 2.75) is 18.9 Å². The van der Waals surface area contributed by atoms with Crippen molar-refractivity contribution in [3.05, 3.63) is 65.0 Å². The Morgan fingerprint density at radius 3 is 2.32 bits per heavy atom. The van der Waals surface area contributed by atoms with Gasteiger partial charge in [0.2, 0.25) is 0 Å². The lowest BCUT2D eigenvalue weighted by molar-refractivity contribution is 0.0823. The number of nitrogens with zero attached hydrogens (tertiary/aromatic N) is 1. The number of fused-ring (bicyclic) bond motifs is 1. The van der Waals surface area contributed by atoms with Gasteiger partial charge >= 0.3 is 6.03 Å². The van der Waals surface area contributed by atoms with Crippen LogP contribution in [-0.2, 0) is 12.8 Å². The average Bonchev–Trinajstić information content (AvgIpc) is 2.97. The highest BCUT2D eigenvalue weighted by molar-refractivity contribution is 5.97. The highest BCUT2D eigenvalue weighted by Crippen LogP contribution is 2.22. The van der Waals surface area contributed by atoms with Gasteiger partial charge in [-0.25, -0.2) is 9.18 Å². The smallest absolute Gasteiger partial charge is 0.319 e. The Balaban J connectivity index is 1.64. The molecular weight excluding hydrogens is 321 g/mol. The minimum absolute atomic E-state index is 0.0284. The molecule has 5 nitrogen and oxygen atoms in total. The Morgan fingerprint density at radius 2 is 1.72 bits per heavy atom. The van der Waals surface area contributed by atoms with Crippen LogP contribution in [0.2, 0.25) is 0 Å². The van der Waals surface area contributed by atoms with Crippen LogP contribution >= 0.6 is 0 Å². The summed E-state index contributed by atoms with van der Waals surface area (Å²) in [5.74, 6) is -1.07. The van der Waals surface area contributed by atoms with Gasteiger partial charge in [0.25, 0.3) is 5.91 Å². The van der Waals surface area contributed by atoms with Crippen molar-refractivity contribution in [3.8, 4) is 0 Å². The first-order chi connectivity index (χ1) is 11.9. The topological polar surface area (TPSA) is 61.4 Å². The Morgan fingerprint density at radius 1 is 1.08 bits per heavy atom. The van der Waals surface area contributed by atoms with Gasteiger partial charge in [-0.05, 0) is 42.2 Å². The first-order valence-electron chi connectivity index (χ1n) is 8.09. The molecule has 0 aliphatic heterocycles. The molecule has 2 aromatic carbocycles. The lowest BCUT2D eigenvalue weighted by atomic mass is 10.1. The summed E-state index contributed by atoms with van der Waals surface area (Å²) in [6.07, 6.45) is 1.58. The van der Waals surface area contributed by atoms with Crippen molar-refractivity contribution in [2.75, 3.05) is 19.4 Å². The summed E-state index contributed by atoms with van der Waals surface area (Å²) in [6, 6.07) is 11.7. The molecule has 0 radical (unpaired) electrons. The second-order valence-electron chi connectivity index (χ2n) is 6.37. The second-order valence-corrected chi connectivity index (χ2v) is 6.37. The van der Waals surface area contributed by atoms with Crippen molar-refractivity contribution >= 4 is 17.6 Å². The van der Waals surface area contributed by atoms with E-state index in [4.69, 9.17) is 0 Å². The number of hydrogen-bond donors (Lipinski definition) is 2. The number of anilines is 1. The molecule has 25 heavy (non-hydrogen) atoms. The lowest BCUT2D eigenvalue weighted by Gasteiger charge is -2.15. The molecule has 0 saturated heterocycles. The predicted octanol–water partition coefficient (Wildman–Crippen LogP) is 2.82. The van der Waals surface area contributed by atoms with Crippen LogP contribution in [0.3, 0.4) is 0 Å². The molecule has 0 heterocycles. The van der Waals surface area contributed by atoms with E-state index in [0.717, 1.165) is 12.8 Å². The summed E-state index contributed by atoms with van der Waals surface area (Å²) in [4.78, 5) is 25.5. The summed E-state index contributed by atoms with van der Waals surface area (Å²) >= 11 is 0. The maximum absolute atomic E-state index is 13.8. The largest absolute Gasteiger partial charge is 0.345 e. The van der Waals surface area contributed by atoms with Crippen molar-refractivity contribution in [1.29, 1.82) is 0 Å². The highest BCUT2D eigenvalue weighted by atomic mass is 19.1. The number of hydrogen-bond acceptors (Lipinski definition) is 2. The molecule has 2 aromatic rings.